The molecule has 216 valence electrons. The minimum atomic E-state index is -0.794. The van der Waals surface area contributed by atoms with Gasteiger partial charge in [0.25, 0.3) is 5.91 Å². The molecular weight excluding hydrogens is 576 g/mol. The van der Waals surface area contributed by atoms with Gasteiger partial charge in [-0.05, 0) is 44.0 Å². The molecule has 1 aliphatic carbocycles. The molecule has 3 aromatic heterocycles. The number of likely N-dealkylation sites (tertiary alicyclic amines) is 1. The first-order chi connectivity index (χ1) is 20.2. The van der Waals surface area contributed by atoms with Crippen molar-refractivity contribution < 1.29 is 19.1 Å². The predicted molar refractivity (Wildman–Crippen MR) is 157 cm³/mol. The number of fused-ring (bicyclic) bond motifs is 1. The van der Waals surface area contributed by atoms with Gasteiger partial charge in [0.05, 0.1) is 11.2 Å². The topological polar surface area (TPSA) is 119 Å². The Morgan fingerprint density at radius 2 is 1.79 bits per heavy atom. The molecule has 1 N–H and O–H groups in total. The highest BCUT2D eigenvalue weighted by Crippen LogP contribution is 2.48. The van der Waals surface area contributed by atoms with E-state index in [0.29, 0.717) is 40.4 Å². The maximum absolute atomic E-state index is 13.3. The van der Waals surface area contributed by atoms with Crippen molar-refractivity contribution in [2.45, 2.75) is 39.0 Å². The molecule has 6 rings (SSSR count). The van der Waals surface area contributed by atoms with Gasteiger partial charge in [0.2, 0.25) is 5.88 Å². The van der Waals surface area contributed by atoms with Gasteiger partial charge in [-0.1, -0.05) is 41.9 Å². The molecule has 1 aliphatic heterocycles. The van der Waals surface area contributed by atoms with Crippen molar-refractivity contribution >= 4 is 34.9 Å². The number of benzene rings is 1. The number of rotatable bonds is 8. The molecule has 4 aromatic rings. The number of thiazole rings is 1. The summed E-state index contributed by atoms with van der Waals surface area (Å²) < 4.78 is 11.6. The molecule has 42 heavy (non-hydrogen) atoms. The van der Waals surface area contributed by atoms with E-state index < -0.39 is 11.6 Å². The monoisotopic (exact) mass is 604 g/mol. The zero-order valence-electron chi connectivity index (χ0n) is 23.3. The number of pyridine rings is 1. The van der Waals surface area contributed by atoms with E-state index in [1.165, 1.54) is 11.3 Å². The maximum Gasteiger partial charge on any atom is 0.408 e. The average molecular weight is 605 g/mol. The van der Waals surface area contributed by atoms with Crippen LogP contribution in [0.1, 0.15) is 40.3 Å². The fourth-order valence-electron chi connectivity index (χ4n) is 5.18. The van der Waals surface area contributed by atoms with Gasteiger partial charge in [0, 0.05) is 43.4 Å². The summed E-state index contributed by atoms with van der Waals surface area (Å²) in [5.41, 5.74) is 1.52. The van der Waals surface area contributed by atoms with Crippen LogP contribution in [0.3, 0.4) is 0 Å². The first-order valence-electron chi connectivity index (χ1n) is 13.6. The number of aryl methyl sites for hydroxylation is 1. The van der Waals surface area contributed by atoms with E-state index in [2.05, 4.69) is 25.3 Å². The summed E-state index contributed by atoms with van der Waals surface area (Å²) in [4.78, 5) is 45.6. The van der Waals surface area contributed by atoms with E-state index in [1.807, 2.05) is 56.0 Å². The molecule has 1 saturated heterocycles. The molecule has 1 unspecified atom stereocenters. The summed E-state index contributed by atoms with van der Waals surface area (Å²) in [7, 11) is 0. The molecule has 2 fully saturated rings. The van der Waals surface area contributed by atoms with Gasteiger partial charge in [0.1, 0.15) is 22.7 Å². The van der Waals surface area contributed by atoms with Crippen LogP contribution in [0.2, 0.25) is 5.15 Å². The summed E-state index contributed by atoms with van der Waals surface area (Å²) in [6, 6.07) is 14.7. The Kier molecular flexibility index (Phi) is 7.54. The first kappa shape index (κ1) is 28.0. The zero-order chi connectivity index (χ0) is 29.4. The molecular formula is C30H29ClN6O4S. The van der Waals surface area contributed by atoms with E-state index >= 15 is 0 Å². The van der Waals surface area contributed by atoms with Crippen molar-refractivity contribution in [2.24, 2.45) is 11.8 Å². The highest BCUT2D eigenvalue weighted by Gasteiger charge is 2.59. The molecule has 1 saturated carbocycles. The summed E-state index contributed by atoms with van der Waals surface area (Å²) >= 11 is 7.67. The molecule has 0 bridgehead atoms. The van der Waals surface area contributed by atoms with E-state index in [4.69, 9.17) is 21.1 Å². The molecule has 0 spiro atoms. The van der Waals surface area contributed by atoms with Crippen molar-refractivity contribution in [1.29, 1.82) is 0 Å². The number of piperidine rings is 1. The number of alkyl carbamates (subject to hydrolysis) is 1. The van der Waals surface area contributed by atoms with E-state index in [-0.39, 0.29) is 35.6 Å². The summed E-state index contributed by atoms with van der Waals surface area (Å²) in [6.45, 7) is 6.91. The van der Waals surface area contributed by atoms with Crippen molar-refractivity contribution in [3.63, 3.8) is 0 Å². The number of hydrogen-bond donors (Lipinski definition) is 1. The molecule has 4 heterocycles. The standard InChI is InChI=1S/C30H29ClN6O4S/c1-17-25(42-27(34-17)26-32-10-7-11-33-26)28(38)37-14-20-21(15-37)24(20)41-23-13-19(12-22(31)35-23)30(2,3)36-29(39)40-16-18-8-5-4-6-9-18/h4-13,20-21,24H,14-16H2,1-3H3,(H,36,39)/t20-,21+,24?. The molecule has 10 nitrogen and oxygen atoms in total. The fraction of sp³-hybridized carbons (Fsp3) is 0.333. The SMILES string of the molecule is Cc1nc(-c2ncccn2)sc1C(=O)N1C[C@@H]2C(Oc3cc(C(C)(C)NC(=O)OCc4ccccc4)cc(Cl)n3)[C@@H]2C1. The lowest BCUT2D eigenvalue weighted by Crippen LogP contribution is -2.41. The minimum Gasteiger partial charge on any atom is -0.474 e. The van der Waals surface area contributed by atoms with Gasteiger partial charge < -0.3 is 19.7 Å². The molecule has 1 aromatic carbocycles. The van der Waals surface area contributed by atoms with E-state index in [1.54, 1.807) is 30.6 Å². The summed E-state index contributed by atoms with van der Waals surface area (Å²) in [6.07, 6.45) is 2.71. The number of carbonyl (C=O) groups is 2. The van der Waals surface area contributed by atoms with E-state index in [9.17, 15) is 9.59 Å². The number of nitrogens with one attached hydrogen (secondary N) is 1. The third-order valence-electron chi connectivity index (χ3n) is 7.53. The predicted octanol–water partition coefficient (Wildman–Crippen LogP) is 5.27. The van der Waals surface area contributed by atoms with Crippen LogP contribution in [-0.4, -0.2) is 56.0 Å². The van der Waals surface area contributed by atoms with Gasteiger partial charge in [-0.15, -0.1) is 11.3 Å². The number of halogens is 1. The van der Waals surface area contributed by atoms with Gasteiger partial charge in [-0.3, -0.25) is 4.79 Å². The van der Waals surface area contributed by atoms with Crippen LogP contribution in [0.25, 0.3) is 10.8 Å². The van der Waals surface area contributed by atoms with Gasteiger partial charge in [-0.25, -0.2) is 24.7 Å². The third-order valence-corrected chi connectivity index (χ3v) is 8.86. The number of aromatic nitrogens is 4. The second-order valence-corrected chi connectivity index (χ2v) is 12.3. The lowest BCUT2D eigenvalue weighted by atomic mass is 9.95. The van der Waals surface area contributed by atoms with Crippen molar-refractivity contribution in [3.8, 4) is 16.7 Å². The molecule has 2 amide bonds. The Morgan fingerprint density at radius 1 is 1.07 bits per heavy atom. The summed E-state index contributed by atoms with van der Waals surface area (Å²) in [5, 5.41) is 3.79. The van der Waals surface area contributed by atoms with E-state index in [0.717, 1.165) is 11.1 Å². The highest BCUT2D eigenvalue weighted by molar-refractivity contribution is 7.17. The largest absolute Gasteiger partial charge is 0.474 e. The molecule has 12 heteroatoms. The third kappa shape index (κ3) is 5.93. The lowest BCUT2D eigenvalue weighted by molar-refractivity contribution is 0.0755. The van der Waals surface area contributed by atoms with Gasteiger partial charge in [0.15, 0.2) is 10.8 Å². The van der Waals surface area contributed by atoms with Gasteiger partial charge in [-0.2, -0.15) is 0 Å². The Hall–Kier alpha value is -4.09. The van der Waals surface area contributed by atoms with Gasteiger partial charge >= 0.3 is 6.09 Å². The molecule has 0 radical (unpaired) electrons. The Balaban J connectivity index is 1.05. The second-order valence-electron chi connectivity index (χ2n) is 11.0. The molecule has 3 atom stereocenters. The summed E-state index contributed by atoms with van der Waals surface area (Å²) in [5.74, 6) is 1.28. The smallest absolute Gasteiger partial charge is 0.408 e. The van der Waals surface area contributed by atoms with Crippen LogP contribution in [0, 0.1) is 18.8 Å². The second kappa shape index (κ2) is 11.3. The van der Waals surface area contributed by atoms with Crippen LogP contribution in [-0.2, 0) is 16.9 Å². The van der Waals surface area contributed by atoms with Crippen molar-refractivity contribution in [3.05, 3.63) is 87.8 Å². The van der Waals surface area contributed by atoms with Crippen LogP contribution in [0.5, 0.6) is 5.88 Å². The average Bonchev–Trinajstić information content (AvgIpc) is 3.28. The number of carbonyl (C=O) groups excluding carboxylic acids is 2. The van der Waals surface area contributed by atoms with Crippen LogP contribution < -0.4 is 10.1 Å². The maximum atomic E-state index is 13.3. The number of ether oxygens (including phenoxy) is 2. The number of amides is 2. The Labute approximate surface area is 252 Å². The fourth-order valence-corrected chi connectivity index (χ4v) is 6.36. The Bertz CT molecular complexity index is 1600. The number of hydrogen-bond acceptors (Lipinski definition) is 9. The van der Waals surface area contributed by atoms with Crippen LogP contribution in [0.15, 0.2) is 60.9 Å². The highest BCUT2D eigenvalue weighted by atomic mass is 35.5. The quantitative estimate of drug-likeness (QED) is 0.270. The Morgan fingerprint density at radius 3 is 2.50 bits per heavy atom. The number of nitrogens with zero attached hydrogens (tertiary/aromatic N) is 5. The van der Waals surface area contributed by atoms with Crippen molar-refractivity contribution in [2.75, 3.05) is 13.1 Å². The molecule has 2 aliphatic rings. The van der Waals surface area contributed by atoms with Crippen LogP contribution in [0.4, 0.5) is 4.79 Å². The lowest BCUT2D eigenvalue weighted by Gasteiger charge is -2.27. The normalized spacial score (nSPS) is 19.2. The zero-order valence-corrected chi connectivity index (χ0v) is 24.9. The van der Waals surface area contributed by atoms with Crippen molar-refractivity contribution in [1.82, 2.24) is 30.2 Å². The first-order valence-corrected chi connectivity index (χ1v) is 14.7. The minimum absolute atomic E-state index is 0.0340. The van der Waals surface area contributed by atoms with Crippen LogP contribution >= 0.6 is 22.9 Å².